The molecule has 5 heteroatoms. The molecule has 1 aromatic heterocycles. The average Bonchev–Trinajstić information content (AvgIpc) is 2.59. The molecule has 1 aliphatic heterocycles. The molecule has 1 spiro atoms. The summed E-state index contributed by atoms with van der Waals surface area (Å²) in [5.74, 6) is -0.919. The van der Waals surface area contributed by atoms with Gasteiger partial charge in [-0.05, 0) is 19.3 Å². The summed E-state index contributed by atoms with van der Waals surface area (Å²) < 4.78 is 5.21. The van der Waals surface area contributed by atoms with E-state index >= 15 is 0 Å². The number of carbonyl (C=O) groups is 2. The van der Waals surface area contributed by atoms with Crippen LogP contribution in [0.15, 0.2) is 10.7 Å². The van der Waals surface area contributed by atoms with E-state index in [1.165, 1.54) is 0 Å². The van der Waals surface area contributed by atoms with Gasteiger partial charge < -0.3 is 14.8 Å². The summed E-state index contributed by atoms with van der Waals surface area (Å²) in [7, 11) is 0. The minimum Gasteiger partial charge on any atom is -0.478 e. The SMILES string of the molecule is O=C(O)c1coc2c1C(=O)NC1(CCC1)C2. The maximum absolute atomic E-state index is 11.8. The molecule has 1 fully saturated rings. The molecule has 0 unspecified atom stereocenters. The van der Waals surface area contributed by atoms with Crippen LogP contribution >= 0.6 is 0 Å². The summed E-state index contributed by atoms with van der Waals surface area (Å²) in [6.07, 6.45) is 4.76. The number of rotatable bonds is 1. The van der Waals surface area contributed by atoms with Crippen molar-refractivity contribution >= 4 is 11.9 Å². The van der Waals surface area contributed by atoms with Crippen LogP contribution in [0.1, 0.15) is 45.7 Å². The molecule has 0 radical (unpaired) electrons. The normalized spacial score (nSPS) is 21.1. The molecule has 2 N–H and O–H groups in total. The molecule has 2 aliphatic rings. The number of hydrogen-bond donors (Lipinski definition) is 2. The Morgan fingerprint density at radius 1 is 1.50 bits per heavy atom. The number of fused-ring (bicyclic) bond motifs is 1. The first-order valence-electron chi connectivity index (χ1n) is 5.27. The Morgan fingerprint density at radius 3 is 2.81 bits per heavy atom. The van der Waals surface area contributed by atoms with Gasteiger partial charge in [-0.25, -0.2) is 4.79 Å². The molecule has 0 atom stereocenters. The number of aromatic carboxylic acids is 1. The molecule has 0 saturated heterocycles. The highest BCUT2D eigenvalue weighted by Crippen LogP contribution is 2.39. The first-order chi connectivity index (χ1) is 7.61. The predicted molar refractivity (Wildman–Crippen MR) is 53.4 cm³/mol. The topological polar surface area (TPSA) is 79.5 Å². The highest BCUT2D eigenvalue weighted by atomic mass is 16.4. The van der Waals surface area contributed by atoms with Crippen molar-refractivity contribution in [3.63, 3.8) is 0 Å². The molecule has 1 amide bonds. The maximum Gasteiger partial charge on any atom is 0.339 e. The van der Waals surface area contributed by atoms with Crippen LogP contribution in [0.4, 0.5) is 0 Å². The summed E-state index contributed by atoms with van der Waals surface area (Å²) in [4.78, 5) is 22.7. The van der Waals surface area contributed by atoms with Gasteiger partial charge in [-0.1, -0.05) is 0 Å². The lowest BCUT2D eigenvalue weighted by molar-refractivity contribution is 0.0680. The molecule has 84 valence electrons. The zero-order valence-corrected chi connectivity index (χ0v) is 8.58. The lowest BCUT2D eigenvalue weighted by Gasteiger charge is -2.44. The Hall–Kier alpha value is -1.78. The molecule has 0 aromatic carbocycles. The number of hydrogen-bond acceptors (Lipinski definition) is 3. The van der Waals surface area contributed by atoms with E-state index in [-0.39, 0.29) is 22.6 Å². The third-order valence-corrected chi connectivity index (χ3v) is 3.51. The summed E-state index contributed by atoms with van der Waals surface area (Å²) in [6, 6.07) is 0. The quantitative estimate of drug-likeness (QED) is 0.746. The minimum absolute atomic E-state index is 0.0401. The molecular weight excluding hydrogens is 210 g/mol. The van der Waals surface area contributed by atoms with Gasteiger partial charge in [0.2, 0.25) is 0 Å². The molecule has 1 aliphatic carbocycles. The smallest absolute Gasteiger partial charge is 0.339 e. The standard InChI is InChI=1S/C11H11NO4/c13-9-8-6(10(14)15)5-16-7(8)4-11(12-9)2-1-3-11/h5H,1-4H2,(H,12,13)(H,14,15). The fraction of sp³-hybridized carbons (Fsp3) is 0.455. The largest absolute Gasteiger partial charge is 0.478 e. The van der Waals surface area contributed by atoms with Crippen molar-refractivity contribution in [2.45, 2.75) is 31.2 Å². The van der Waals surface area contributed by atoms with Crippen molar-refractivity contribution in [3.8, 4) is 0 Å². The van der Waals surface area contributed by atoms with Gasteiger partial charge in [0.05, 0.1) is 5.56 Å². The van der Waals surface area contributed by atoms with Gasteiger partial charge in [0.1, 0.15) is 17.6 Å². The predicted octanol–water partition coefficient (Wildman–Crippen LogP) is 1.19. The van der Waals surface area contributed by atoms with E-state index in [1.54, 1.807) is 0 Å². The summed E-state index contributed by atoms with van der Waals surface area (Å²) >= 11 is 0. The average molecular weight is 221 g/mol. The third kappa shape index (κ3) is 1.11. The second-order valence-corrected chi connectivity index (χ2v) is 4.52. The number of nitrogens with one attached hydrogen (secondary N) is 1. The van der Waals surface area contributed by atoms with Crippen molar-refractivity contribution in [1.29, 1.82) is 0 Å². The second-order valence-electron chi connectivity index (χ2n) is 4.52. The van der Waals surface area contributed by atoms with Crippen molar-refractivity contribution in [1.82, 2.24) is 5.32 Å². The molecule has 1 saturated carbocycles. The van der Waals surface area contributed by atoms with Crippen molar-refractivity contribution in [3.05, 3.63) is 23.2 Å². The zero-order chi connectivity index (χ0) is 11.3. The number of carboxylic acid groups (broad SMARTS) is 1. The van der Waals surface area contributed by atoms with Crippen LogP contribution in [0.2, 0.25) is 0 Å². The number of carbonyl (C=O) groups excluding carboxylic acids is 1. The fourth-order valence-electron chi connectivity index (χ4n) is 2.49. The van der Waals surface area contributed by atoms with E-state index in [0.717, 1.165) is 25.5 Å². The summed E-state index contributed by atoms with van der Waals surface area (Å²) in [5.41, 5.74) is -0.00996. The Balaban J connectivity index is 2.05. The van der Waals surface area contributed by atoms with Crippen molar-refractivity contribution in [2.24, 2.45) is 0 Å². The van der Waals surface area contributed by atoms with Crippen LogP contribution in [-0.4, -0.2) is 22.5 Å². The molecule has 5 nitrogen and oxygen atoms in total. The summed E-state index contributed by atoms with van der Waals surface area (Å²) in [6.45, 7) is 0. The van der Waals surface area contributed by atoms with E-state index in [0.29, 0.717) is 12.2 Å². The van der Waals surface area contributed by atoms with Crippen molar-refractivity contribution < 1.29 is 19.1 Å². The van der Waals surface area contributed by atoms with Gasteiger partial charge in [0, 0.05) is 12.0 Å². The van der Waals surface area contributed by atoms with Crippen LogP contribution in [0, 0.1) is 0 Å². The molecular formula is C11H11NO4. The molecule has 2 heterocycles. The van der Waals surface area contributed by atoms with Gasteiger partial charge in [0.25, 0.3) is 5.91 Å². The van der Waals surface area contributed by atoms with Crippen LogP contribution < -0.4 is 5.32 Å². The monoisotopic (exact) mass is 221 g/mol. The lowest BCUT2D eigenvalue weighted by Crippen LogP contribution is -2.57. The number of amides is 1. The maximum atomic E-state index is 11.8. The van der Waals surface area contributed by atoms with E-state index in [1.807, 2.05) is 0 Å². The number of carboxylic acids is 1. The second kappa shape index (κ2) is 2.87. The molecule has 3 rings (SSSR count). The van der Waals surface area contributed by atoms with Gasteiger partial charge in [-0.2, -0.15) is 0 Å². The van der Waals surface area contributed by atoms with Crippen LogP contribution in [0.25, 0.3) is 0 Å². The fourth-order valence-corrected chi connectivity index (χ4v) is 2.49. The Morgan fingerprint density at radius 2 is 2.25 bits per heavy atom. The van der Waals surface area contributed by atoms with Crippen LogP contribution in [0.5, 0.6) is 0 Å². The van der Waals surface area contributed by atoms with E-state index in [9.17, 15) is 9.59 Å². The first kappa shape index (κ1) is 9.45. The Bertz CT molecular complexity index is 484. The van der Waals surface area contributed by atoms with Crippen LogP contribution in [-0.2, 0) is 6.42 Å². The van der Waals surface area contributed by atoms with E-state index in [2.05, 4.69) is 5.32 Å². The lowest BCUT2D eigenvalue weighted by atomic mass is 9.71. The van der Waals surface area contributed by atoms with Gasteiger partial charge in [-0.15, -0.1) is 0 Å². The molecule has 16 heavy (non-hydrogen) atoms. The van der Waals surface area contributed by atoms with E-state index < -0.39 is 5.97 Å². The zero-order valence-electron chi connectivity index (χ0n) is 8.58. The van der Waals surface area contributed by atoms with E-state index in [4.69, 9.17) is 9.52 Å². The molecule has 1 aromatic rings. The Labute approximate surface area is 91.4 Å². The van der Waals surface area contributed by atoms with Crippen molar-refractivity contribution in [2.75, 3.05) is 0 Å². The first-order valence-corrected chi connectivity index (χ1v) is 5.27. The van der Waals surface area contributed by atoms with Gasteiger partial charge in [-0.3, -0.25) is 4.79 Å². The number of furan rings is 1. The van der Waals surface area contributed by atoms with Gasteiger partial charge >= 0.3 is 5.97 Å². The summed E-state index contributed by atoms with van der Waals surface area (Å²) in [5, 5.41) is 11.8. The highest BCUT2D eigenvalue weighted by Gasteiger charge is 2.45. The minimum atomic E-state index is -1.12. The molecule has 0 bridgehead atoms. The van der Waals surface area contributed by atoms with Crippen LogP contribution in [0.3, 0.4) is 0 Å². The Kier molecular flexibility index (Phi) is 1.70. The highest BCUT2D eigenvalue weighted by molar-refractivity contribution is 6.06. The third-order valence-electron chi connectivity index (χ3n) is 3.51. The van der Waals surface area contributed by atoms with Gasteiger partial charge in [0.15, 0.2) is 0 Å².